The molecule has 1 amide bonds. The van der Waals surface area contributed by atoms with Gasteiger partial charge in [0, 0.05) is 41.1 Å². The van der Waals surface area contributed by atoms with Gasteiger partial charge in [-0.1, -0.05) is 13.8 Å². The van der Waals surface area contributed by atoms with E-state index in [1.54, 1.807) is 6.92 Å². The fourth-order valence-corrected chi connectivity index (χ4v) is 4.58. The summed E-state index contributed by atoms with van der Waals surface area (Å²) in [7, 11) is 0. The van der Waals surface area contributed by atoms with E-state index in [1.807, 2.05) is 25.1 Å². The third kappa shape index (κ3) is 4.44. The molecule has 2 unspecified atom stereocenters. The largest absolute Gasteiger partial charge is 0.358 e. The zero-order chi connectivity index (χ0) is 21.3. The first-order valence-corrected chi connectivity index (χ1v) is 13.3. The van der Waals surface area contributed by atoms with Crippen molar-refractivity contribution in [1.29, 1.82) is 10.7 Å². The minimum atomic E-state index is -0.323. The molecule has 0 spiro atoms. The van der Waals surface area contributed by atoms with Crippen molar-refractivity contribution >= 4 is 51.4 Å². The maximum absolute atomic E-state index is 12.8. The first kappa shape index (κ1) is 21.7. The maximum Gasteiger partial charge on any atom is 0.274 e. The molecule has 2 atom stereocenters. The van der Waals surface area contributed by atoms with Gasteiger partial charge in [-0.15, -0.1) is 0 Å². The van der Waals surface area contributed by atoms with Crippen molar-refractivity contribution in [2.75, 3.05) is 10.4 Å². The highest BCUT2D eigenvalue weighted by molar-refractivity contribution is 14.2. The number of anilines is 2. The Hall–Kier alpha value is -2.04. The molecule has 0 aliphatic heterocycles. The lowest BCUT2D eigenvalue weighted by Gasteiger charge is -2.15. The monoisotopic (exact) mass is 519 g/mol. The molecule has 150 valence electrons. The van der Waals surface area contributed by atoms with Crippen LogP contribution in [-0.2, 0) is 0 Å². The van der Waals surface area contributed by atoms with Crippen LogP contribution >= 0.6 is 28.4 Å². The first-order chi connectivity index (χ1) is 13.7. The second-order valence-electron chi connectivity index (χ2n) is 7.98. The smallest absolute Gasteiger partial charge is 0.274 e. The van der Waals surface area contributed by atoms with Gasteiger partial charge in [0.2, 0.25) is 0 Å². The number of amides is 1. The summed E-state index contributed by atoms with van der Waals surface area (Å²) in [5, 5.41) is 24.0. The van der Waals surface area contributed by atoms with Crippen LogP contribution in [0.15, 0.2) is 24.4 Å². The molecule has 1 aliphatic rings. The predicted molar refractivity (Wildman–Crippen MR) is 127 cm³/mol. The van der Waals surface area contributed by atoms with Crippen molar-refractivity contribution in [2.45, 2.75) is 34.1 Å². The number of nitrogens with zero attached hydrogens (tertiary/aromatic N) is 2. The van der Waals surface area contributed by atoms with Crippen molar-refractivity contribution in [3.8, 4) is 6.07 Å². The van der Waals surface area contributed by atoms with Gasteiger partial charge in [-0.3, -0.25) is 4.79 Å². The van der Waals surface area contributed by atoms with Crippen molar-refractivity contribution in [1.82, 2.24) is 4.98 Å². The third-order valence-corrected chi connectivity index (χ3v) is 6.76. The number of nitrogens with one attached hydrogen (secondary N) is 3. The summed E-state index contributed by atoms with van der Waals surface area (Å²) < 4.78 is 0. The molecule has 1 aromatic carbocycles. The molecule has 0 bridgehead atoms. The molecule has 3 rings (SSSR count). The first-order valence-electron chi connectivity index (χ1n) is 9.21. The van der Waals surface area contributed by atoms with Crippen LogP contribution in [0, 0.1) is 41.9 Å². The van der Waals surface area contributed by atoms with E-state index in [1.165, 1.54) is 6.20 Å². The molecule has 29 heavy (non-hydrogen) atoms. The fraction of sp³-hybridized carbons (Fsp3) is 0.333. The lowest BCUT2D eigenvalue weighted by atomic mass is 9.98. The zero-order valence-electron chi connectivity index (χ0n) is 16.8. The van der Waals surface area contributed by atoms with Gasteiger partial charge >= 0.3 is 0 Å². The van der Waals surface area contributed by atoms with Crippen LogP contribution in [0.4, 0.5) is 11.4 Å². The van der Waals surface area contributed by atoms with E-state index < -0.39 is 0 Å². The van der Waals surface area contributed by atoms with Crippen LogP contribution in [-0.4, -0.2) is 16.6 Å². The molecular weight excluding hydrogens is 496 g/mol. The van der Waals surface area contributed by atoms with Crippen LogP contribution in [0.25, 0.3) is 0 Å². The van der Waals surface area contributed by atoms with E-state index >= 15 is 0 Å². The van der Waals surface area contributed by atoms with Crippen LogP contribution < -0.4 is 10.4 Å². The van der Waals surface area contributed by atoms with Gasteiger partial charge in [-0.2, -0.15) is 5.26 Å². The topological polar surface area (TPSA) is 102 Å². The number of rotatable bonds is 6. The lowest BCUT2D eigenvalue weighted by Crippen LogP contribution is -2.17. The molecule has 1 saturated carbocycles. The van der Waals surface area contributed by atoms with E-state index in [9.17, 15) is 4.79 Å². The summed E-state index contributed by atoms with van der Waals surface area (Å²) in [6.45, 7) is 7.95. The number of pyridine rings is 1. The van der Waals surface area contributed by atoms with E-state index in [0.29, 0.717) is 34.6 Å². The SMILES string of the molecule is Cc1c(C#N)cnc(C(=O)Nc2ccc(NPI)c(C(=N)C3CC3(C)C)c2)c1C. The van der Waals surface area contributed by atoms with Crippen LogP contribution in [0.1, 0.15) is 53.0 Å². The third-order valence-electron chi connectivity index (χ3n) is 5.59. The van der Waals surface area contributed by atoms with Gasteiger partial charge in [0.15, 0.2) is 0 Å². The number of halogens is 1. The number of benzene rings is 1. The highest BCUT2D eigenvalue weighted by atomic mass is 127. The average Bonchev–Trinajstić information content (AvgIpc) is 3.32. The van der Waals surface area contributed by atoms with E-state index in [-0.39, 0.29) is 17.2 Å². The normalized spacial score (nSPS) is 17.0. The van der Waals surface area contributed by atoms with Gasteiger partial charge in [0.1, 0.15) is 11.8 Å². The van der Waals surface area contributed by atoms with Gasteiger partial charge in [0.25, 0.3) is 5.91 Å². The zero-order valence-corrected chi connectivity index (χ0v) is 19.9. The molecule has 0 radical (unpaired) electrons. The molecule has 8 heteroatoms. The van der Waals surface area contributed by atoms with E-state index in [2.05, 4.69) is 57.3 Å². The van der Waals surface area contributed by atoms with E-state index in [4.69, 9.17) is 10.7 Å². The van der Waals surface area contributed by atoms with Crippen molar-refractivity contribution in [3.05, 3.63) is 52.3 Å². The summed E-state index contributed by atoms with van der Waals surface area (Å²) in [6, 6.07) is 7.69. The number of hydrogen-bond acceptors (Lipinski definition) is 5. The molecule has 2 aromatic rings. The Bertz CT molecular complexity index is 1040. The van der Waals surface area contributed by atoms with Gasteiger partial charge in [-0.05, 0) is 77.1 Å². The van der Waals surface area contributed by atoms with Gasteiger partial charge < -0.3 is 15.8 Å². The standard InChI is InChI=1S/C21H23IN5OP/c1-11-12(2)19(25-10-13(11)9-23)20(28)26-14-5-6-17(27-29-22)15(7-14)18(24)16-8-21(16,3)4/h5-7,10,16,24,27,29H,8H2,1-4H3,(H,26,28). The number of carbonyl (C=O) groups is 1. The number of hydrogen-bond donors (Lipinski definition) is 3. The Morgan fingerprint density at radius 3 is 2.66 bits per heavy atom. The summed E-state index contributed by atoms with van der Waals surface area (Å²) in [5.41, 5.74) is 5.34. The second-order valence-corrected chi connectivity index (χ2v) is 10.0. The Morgan fingerprint density at radius 1 is 1.38 bits per heavy atom. The summed E-state index contributed by atoms with van der Waals surface area (Å²) in [5.74, 6) is -0.0903. The van der Waals surface area contributed by atoms with Crippen LogP contribution in [0.3, 0.4) is 0 Å². The Labute approximate surface area is 185 Å². The van der Waals surface area contributed by atoms with Crippen molar-refractivity contribution in [2.24, 2.45) is 11.3 Å². The highest BCUT2D eigenvalue weighted by Crippen LogP contribution is 2.53. The minimum absolute atomic E-state index is 0.154. The Kier molecular flexibility index (Phi) is 6.25. The molecule has 3 N–H and O–H groups in total. The molecular formula is C21H23IN5OP. The Morgan fingerprint density at radius 2 is 2.07 bits per heavy atom. The van der Waals surface area contributed by atoms with Crippen molar-refractivity contribution < 1.29 is 4.79 Å². The molecule has 1 aromatic heterocycles. The number of aromatic nitrogens is 1. The minimum Gasteiger partial charge on any atom is -0.358 e. The average molecular weight is 519 g/mol. The van der Waals surface area contributed by atoms with Gasteiger partial charge in [0.05, 0.1) is 5.56 Å². The molecule has 1 aliphatic carbocycles. The van der Waals surface area contributed by atoms with Crippen molar-refractivity contribution in [3.63, 3.8) is 0 Å². The van der Waals surface area contributed by atoms with E-state index in [0.717, 1.165) is 23.2 Å². The summed E-state index contributed by atoms with van der Waals surface area (Å²) in [6.07, 6.45) is 2.92. The molecule has 1 fully saturated rings. The van der Waals surface area contributed by atoms with Crippen LogP contribution in [0.5, 0.6) is 0 Å². The number of nitriles is 1. The predicted octanol–water partition coefficient (Wildman–Crippen LogP) is 5.59. The molecule has 6 nitrogen and oxygen atoms in total. The Balaban J connectivity index is 1.89. The highest BCUT2D eigenvalue weighted by Gasteiger charge is 2.48. The number of carbonyl (C=O) groups excluding carboxylic acids is 1. The van der Waals surface area contributed by atoms with Crippen LogP contribution in [0.2, 0.25) is 0 Å². The molecule has 1 heterocycles. The summed E-state index contributed by atoms with van der Waals surface area (Å²) >= 11 is 2.26. The fourth-order valence-electron chi connectivity index (χ4n) is 3.39. The quantitative estimate of drug-likeness (QED) is 0.263. The lowest BCUT2D eigenvalue weighted by molar-refractivity contribution is 0.102. The maximum atomic E-state index is 12.8. The second kappa shape index (κ2) is 8.37. The molecule has 0 saturated heterocycles. The summed E-state index contributed by atoms with van der Waals surface area (Å²) in [4.78, 5) is 17.0. The van der Waals surface area contributed by atoms with Gasteiger partial charge in [-0.25, -0.2) is 4.98 Å².